The first kappa shape index (κ1) is 12.9. The molecule has 0 unspecified atom stereocenters. The van der Waals surface area contributed by atoms with Crippen molar-refractivity contribution >= 4 is 30.1 Å². The molecule has 6 heteroatoms. The number of cyclic esters (lactones) is 1. The number of aromatic hydroxyl groups is 1. The Hall–Kier alpha value is -1.13. The van der Waals surface area contributed by atoms with Crippen molar-refractivity contribution in [2.45, 2.75) is 12.5 Å². The largest absolute Gasteiger partial charge is 0.506 e. The molecule has 4 nitrogen and oxygen atoms in total. The maximum absolute atomic E-state index is 11.0. The molecule has 1 heterocycles. The number of ether oxygens (including phenoxy) is 1. The first-order valence-corrected chi connectivity index (χ1v) is 4.96. The summed E-state index contributed by atoms with van der Waals surface area (Å²) in [6.45, 7) is 0.398. The van der Waals surface area contributed by atoms with Gasteiger partial charge in [-0.05, 0) is 17.7 Å². The molecule has 88 valence electrons. The number of carbonyl (C=O) groups is 1. The van der Waals surface area contributed by atoms with Gasteiger partial charge in [0, 0.05) is 6.42 Å². The van der Waals surface area contributed by atoms with Crippen LogP contribution < -0.4 is 5.32 Å². The molecule has 1 saturated heterocycles. The van der Waals surface area contributed by atoms with E-state index in [2.05, 4.69) is 5.32 Å². The van der Waals surface area contributed by atoms with Crippen LogP contribution in [0.15, 0.2) is 18.2 Å². The molecule has 1 aliphatic rings. The molecular weight excluding hydrogens is 253 g/mol. The molecule has 0 aromatic heterocycles. The molecule has 1 amide bonds. The lowest BCUT2D eigenvalue weighted by atomic mass is 10.0. The quantitative estimate of drug-likeness (QED) is 0.819. The highest BCUT2D eigenvalue weighted by atomic mass is 35.5. The summed E-state index contributed by atoms with van der Waals surface area (Å²) in [5, 5.41) is 12.2. The van der Waals surface area contributed by atoms with Crippen LogP contribution in [-0.2, 0) is 4.74 Å². The van der Waals surface area contributed by atoms with Gasteiger partial charge in [0.15, 0.2) is 0 Å². The van der Waals surface area contributed by atoms with Gasteiger partial charge in [0.05, 0.1) is 17.7 Å². The van der Waals surface area contributed by atoms with Gasteiger partial charge in [-0.2, -0.15) is 0 Å². The van der Waals surface area contributed by atoms with Crippen LogP contribution >= 0.6 is 24.0 Å². The molecule has 0 spiro atoms. The van der Waals surface area contributed by atoms with E-state index in [4.69, 9.17) is 16.3 Å². The summed E-state index contributed by atoms with van der Waals surface area (Å²) in [6.07, 6.45) is 0.280. The Morgan fingerprint density at radius 1 is 1.50 bits per heavy atom. The minimum Gasteiger partial charge on any atom is -0.506 e. The Kier molecular flexibility index (Phi) is 4.26. The smallest absolute Gasteiger partial charge is 0.407 e. The van der Waals surface area contributed by atoms with Crippen LogP contribution in [0, 0.1) is 0 Å². The normalized spacial score (nSPS) is 19.3. The number of amides is 1. The summed E-state index contributed by atoms with van der Waals surface area (Å²) < 4.78 is 4.75. The Bertz CT molecular complexity index is 398. The van der Waals surface area contributed by atoms with Crippen LogP contribution in [0.1, 0.15) is 18.0 Å². The first-order valence-electron chi connectivity index (χ1n) is 4.58. The number of benzene rings is 1. The lowest BCUT2D eigenvalue weighted by Gasteiger charge is -2.23. The van der Waals surface area contributed by atoms with Crippen molar-refractivity contribution in [1.82, 2.24) is 5.32 Å². The minimum atomic E-state index is -0.421. The number of phenolic OH excluding ortho intramolecular Hbond substituents is 1. The summed E-state index contributed by atoms with van der Waals surface area (Å²) in [6, 6.07) is 4.80. The van der Waals surface area contributed by atoms with Crippen LogP contribution in [0.2, 0.25) is 5.02 Å². The van der Waals surface area contributed by atoms with Crippen LogP contribution in [-0.4, -0.2) is 17.8 Å². The third-order valence-corrected chi connectivity index (χ3v) is 2.61. The molecule has 0 bridgehead atoms. The van der Waals surface area contributed by atoms with Crippen molar-refractivity contribution in [3.63, 3.8) is 0 Å². The topological polar surface area (TPSA) is 58.6 Å². The average molecular weight is 264 g/mol. The van der Waals surface area contributed by atoms with Gasteiger partial charge < -0.3 is 15.2 Å². The summed E-state index contributed by atoms with van der Waals surface area (Å²) >= 11 is 5.78. The second-order valence-electron chi connectivity index (χ2n) is 3.33. The minimum absolute atomic E-state index is 0. The van der Waals surface area contributed by atoms with Crippen LogP contribution in [0.5, 0.6) is 5.75 Å². The number of phenols is 1. The number of nitrogens with one attached hydrogen (secondary N) is 1. The molecule has 0 saturated carbocycles. The van der Waals surface area contributed by atoms with Crippen LogP contribution in [0.3, 0.4) is 0 Å². The predicted molar refractivity (Wildman–Crippen MR) is 62.2 cm³/mol. The molecule has 1 fully saturated rings. The molecule has 1 aromatic carbocycles. The van der Waals surface area contributed by atoms with Gasteiger partial charge in [-0.1, -0.05) is 17.7 Å². The Balaban J connectivity index is 0.00000128. The van der Waals surface area contributed by atoms with Crippen molar-refractivity contribution in [2.24, 2.45) is 0 Å². The molecule has 1 atom stereocenters. The first-order chi connectivity index (χ1) is 7.16. The third-order valence-electron chi connectivity index (χ3n) is 2.31. The lowest BCUT2D eigenvalue weighted by Crippen LogP contribution is -2.35. The third kappa shape index (κ3) is 2.71. The highest BCUT2D eigenvalue weighted by molar-refractivity contribution is 6.32. The van der Waals surface area contributed by atoms with Crippen molar-refractivity contribution in [2.75, 3.05) is 6.61 Å². The van der Waals surface area contributed by atoms with E-state index in [0.717, 1.165) is 5.56 Å². The molecule has 0 aliphatic carbocycles. The van der Waals surface area contributed by atoms with Crippen molar-refractivity contribution in [3.8, 4) is 5.75 Å². The van der Waals surface area contributed by atoms with Gasteiger partial charge in [0.2, 0.25) is 0 Å². The molecule has 1 aromatic rings. The average Bonchev–Trinajstić information content (AvgIpc) is 2.22. The summed E-state index contributed by atoms with van der Waals surface area (Å²) in [7, 11) is 0. The lowest BCUT2D eigenvalue weighted by molar-refractivity contribution is 0.115. The molecule has 2 rings (SSSR count). The van der Waals surface area contributed by atoms with Crippen LogP contribution in [0.4, 0.5) is 4.79 Å². The second-order valence-corrected chi connectivity index (χ2v) is 3.74. The fourth-order valence-electron chi connectivity index (χ4n) is 1.52. The number of alkyl carbamates (subject to hydrolysis) is 1. The highest BCUT2D eigenvalue weighted by Crippen LogP contribution is 2.28. The number of rotatable bonds is 1. The van der Waals surface area contributed by atoms with Crippen LogP contribution in [0.25, 0.3) is 0 Å². The highest BCUT2D eigenvalue weighted by Gasteiger charge is 2.21. The number of hydrogen-bond acceptors (Lipinski definition) is 3. The number of carbonyl (C=O) groups excluding carboxylic acids is 1. The predicted octanol–water partition coefficient (Wildman–Crippen LogP) is 2.64. The van der Waals surface area contributed by atoms with Gasteiger partial charge in [-0.15, -0.1) is 12.4 Å². The van der Waals surface area contributed by atoms with E-state index in [0.29, 0.717) is 13.0 Å². The second kappa shape index (κ2) is 5.27. The fraction of sp³-hybridized carbons (Fsp3) is 0.300. The maximum Gasteiger partial charge on any atom is 0.407 e. The maximum atomic E-state index is 11.0. The van der Waals surface area contributed by atoms with E-state index in [1.807, 2.05) is 0 Å². The van der Waals surface area contributed by atoms with Gasteiger partial charge in [-0.25, -0.2) is 4.79 Å². The monoisotopic (exact) mass is 263 g/mol. The van der Waals surface area contributed by atoms with E-state index in [-0.39, 0.29) is 29.2 Å². The van der Waals surface area contributed by atoms with E-state index in [1.165, 1.54) is 6.07 Å². The van der Waals surface area contributed by atoms with E-state index in [9.17, 15) is 9.90 Å². The molecule has 2 N–H and O–H groups in total. The summed E-state index contributed by atoms with van der Waals surface area (Å²) in [5.74, 6) is 0.0406. The Morgan fingerprint density at radius 3 is 2.88 bits per heavy atom. The zero-order chi connectivity index (χ0) is 10.8. The van der Waals surface area contributed by atoms with Gasteiger partial charge in [-0.3, -0.25) is 0 Å². The Labute approximate surface area is 104 Å². The zero-order valence-corrected chi connectivity index (χ0v) is 9.85. The fourth-order valence-corrected chi connectivity index (χ4v) is 1.70. The van der Waals surface area contributed by atoms with Gasteiger partial charge in [0.25, 0.3) is 0 Å². The molecule has 16 heavy (non-hydrogen) atoms. The van der Waals surface area contributed by atoms with Crippen molar-refractivity contribution in [1.29, 1.82) is 0 Å². The molecule has 0 radical (unpaired) electrons. The molecule has 1 aliphatic heterocycles. The van der Waals surface area contributed by atoms with E-state index < -0.39 is 6.09 Å². The number of hydrogen-bond donors (Lipinski definition) is 2. The van der Waals surface area contributed by atoms with E-state index in [1.54, 1.807) is 12.1 Å². The summed E-state index contributed by atoms with van der Waals surface area (Å²) in [4.78, 5) is 11.0. The molecular formula is C10H11Cl2NO3. The van der Waals surface area contributed by atoms with E-state index >= 15 is 0 Å². The Morgan fingerprint density at radius 2 is 2.25 bits per heavy atom. The standard InChI is InChI=1S/C10H10ClNO3.ClH/c11-7-5-6(1-2-9(7)13)8-3-4-15-10(14)12-8;/h1-2,5,8,13H,3-4H2,(H,12,14);1H/t8-;/m1./s1. The SMILES string of the molecule is Cl.O=C1N[C@@H](c2ccc(O)c(Cl)c2)CCO1. The summed E-state index contributed by atoms with van der Waals surface area (Å²) in [5.41, 5.74) is 0.870. The van der Waals surface area contributed by atoms with Crippen molar-refractivity contribution in [3.05, 3.63) is 28.8 Å². The zero-order valence-electron chi connectivity index (χ0n) is 8.27. The van der Waals surface area contributed by atoms with Gasteiger partial charge in [0.1, 0.15) is 5.75 Å². The number of halogens is 2. The van der Waals surface area contributed by atoms with Gasteiger partial charge >= 0.3 is 6.09 Å². The van der Waals surface area contributed by atoms with Crippen molar-refractivity contribution < 1.29 is 14.6 Å².